The molecule has 0 unspecified atom stereocenters. The second kappa shape index (κ2) is 11.7. The number of benzene rings is 2. The van der Waals surface area contributed by atoms with Crippen molar-refractivity contribution in [2.24, 2.45) is 0 Å². The van der Waals surface area contributed by atoms with Crippen LogP contribution in [-0.4, -0.2) is 39.0 Å². The van der Waals surface area contributed by atoms with Crippen molar-refractivity contribution < 1.29 is 19.1 Å². The largest absolute Gasteiger partial charge is 0.484 e. The molecule has 0 aliphatic heterocycles. The molecule has 3 aromatic rings. The minimum absolute atomic E-state index is 0.155. The van der Waals surface area contributed by atoms with Crippen molar-refractivity contribution >= 4 is 40.9 Å². The van der Waals surface area contributed by atoms with Gasteiger partial charge in [0.2, 0.25) is 5.91 Å². The molecule has 1 aromatic heterocycles. The first-order valence-electron chi connectivity index (χ1n) is 10.4. The molecular formula is C23H25ClN4O4S. The van der Waals surface area contributed by atoms with Gasteiger partial charge in [0.05, 0.1) is 22.9 Å². The summed E-state index contributed by atoms with van der Waals surface area (Å²) in [5.41, 5.74) is 2.07. The summed E-state index contributed by atoms with van der Waals surface area (Å²) < 4.78 is 12.7. The zero-order valence-corrected chi connectivity index (χ0v) is 20.2. The highest BCUT2D eigenvalue weighted by atomic mass is 35.5. The highest BCUT2D eigenvalue weighted by molar-refractivity contribution is 7.99. The van der Waals surface area contributed by atoms with Gasteiger partial charge in [0, 0.05) is 12.2 Å². The molecule has 1 heterocycles. The summed E-state index contributed by atoms with van der Waals surface area (Å²) in [5.74, 6) is 0.799. The lowest BCUT2D eigenvalue weighted by atomic mass is 10.2. The number of aryl methyl sites for hydroxylation is 1. The van der Waals surface area contributed by atoms with Crippen molar-refractivity contribution in [2.45, 2.75) is 39.1 Å². The fourth-order valence-corrected chi connectivity index (χ4v) is 3.94. The van der Waals surface area contributed by atoms with E-state index in [0.29, 0.717) is 46.2 Å². The van der Waals surface area contributed by atoms with Gasteiger partial charge in [0.25, 0.3) is 0 Å². The van der Waals surface area contributed by atoms with Crippen LogP contribution >= 0.6 is 23.4 Å². The Morgan fingerprint density at radius 3 is 2.58 bits per heavy atom. The van der Waals surface area contributed by atoms with Crippen molar-refractivity contribution in [3.63, 3.8) is 0 Å². The molecule has 1 N–H and O–H groups in total. The second-order valence-corrected chi connectivity index (χ2v) is 8.35. The summed E-state index contributed by atoms with van der Waals surface area (Å²) in [7, 11) is 0. The molecule has 0 saturated heterocycles. The highest BCUT2D eigenvalue weighted by Gasteiger charge is 2.15. The predicted octanol–water partition coefficient (Wildman–Crippen LogP) is 4.75. The lowest BCUT2D eigenvalue weighted by Crippen LogP contribution is -2.15. The molecule has 0 atom stereocenters. The van der Waals surface area contributed by atoms with E-state index in [-0.39, 0.29) is 18.3 Å². The van der Waals surface area contributed by atoms with Crippen LogP contribution in [0.25, 0.3) is 0 Å². The number of hydrogen-bond donors (Lipinski definition) is 1. The average Bonchev–Trinajstić information content (AvgIpc) is 3.20. The number of carbonyl (C=O) groups excluding carboxylic acids is 2. The molecule has 33 heavy (non-hydrogen) atoms. The zero-order valence-electron chi connectivity index (χ0n) is 18.6. The molecular weight excluding hydrogens is 464 g/mol. The first-order valence-corrected chi connectivity index (χ1v) is 11.8. The number of esters is 1. The topological polar surface area (TPSA) is 95.3 Å². The van der Waals surface area contributed by atoms with Gasteiger partial charge in [-0.25, -0.2) is 4.79 Å². The predicted molar refractivity (Wildman–Crippen MR) is 128 cm³/mol. The molecule has 0 fully saturated rings. The third-order valence-electron chi connectivity index (χ3n) is 4.57. The average molecular weight is 489 g/mol. The van der Waals surface area contributed by atoms with Gasteiger partial charge in [-0.2, -0.15) is 0 Å². The molecule has 174 valence electrons. The van der Waals surface area contributed by atoms with E-state index < -0.39 is 5.97 Å². The molecule has 0 spiro atoms. The number of nitrogens with zero attached hydrogens (tertiary/aromatic N) is 3. The SMILES string of the molecule is CCOC(=O)c1ccc(NC(=O)CSc2nnc(COc3cc(C)ccc3Cl)n2CC)cc1. The van der Waals surface area contributed by atoms with E-state index in [4.69, 9.17) is 21.1 Å². The number of aromatic nitrogens is 3. The second-order valence-electron chi connectivity index (χ2n) is 7.00. The van der Waals surface area contributed by atoms with Gasteiger partial charge in [0.15, 0.2) is 11.0 Å². The Morgan fingerprint density at radius 2 is 1.88 bits per heavy atom. The Morgan fingerprint density at radius 1 is 1.12 bits per heavy atom. The van der Waals surface area contributed by atoms with Crippen LogP contribution in [0, 0.1) is 6.92 Å². The number of hydrogen-bond acceptors (Lipinski definition) is 7. The Hall–Kier alpha value is -3.04. The standard InChI is InChI=1S/C23H25ClN4O4S/c1-4-28-20(13-32-19-12-15(3)6-11-18(19)24)26-27-23(28)33-14-21(29)25-17-9-7-16(8-10-17)22(30)31-5-2/h6-12H,4-5,13-14H2,1-3H3,(H,25,29). The van der Waals surface area contributed by atoms with E-state index in [2.05, 4.69) is 15.5 Å². The first-order chi connectivity index (χ1) is 15.9. The molecule has 0 radical (unpaired) electrons. The molecule has 2 aromatic carbocycles. The molecule has 8 nitrogen and oxygen atoms in total. The van der Waals surface area contributed by atoms with Gasteiger partial charge >= 0.3 is 5.97 Å². The van der Waals surface area contributed by atoms with Crippen LogP contribution < -0.4 is 10.1 Å². The molecule has 0 aliphatic rings. The summed E-state index contributed by atoms with van der Waals surface area (Å²) >= 11 is 7.47. The van der Waals surface area contributed by atoms with Gasteiger partial charge in [-0.15, -0.1) is 10.2 Å². The van der Waals surface area contributed by atoms with Gasteiger partial charge in [-0.05, 0) is 62.7 Å². The van der Waals surface area contributed by atoms with Crippen LogP contribution in [0.15, 0.2) is 47.6 Å². The van der Waals surface area contributed by atoms with Gasteiger partial charge in [-0.3, -0.25) is 4.79 Å². The van der Waals surface area contributed by atoms with E-state index in [1.807, 2.05) is 30.5 Å². The summed E-state index contributed by atoms with van der Waals surface area (Å²) in [6, 6.07) is 12.1. The van der Waals surface area contributed by atoms with Crippen LogP contribution in [0.5, 0.6) is 5.75 Å². The number of rotatable bonds is 10. The van der Waals surface area contributed by atoms with Crippen molar-refractivity contribution in [3.8, 4) is 5.75 Å². The van der Waals surface area contributed by atoms with Gasteiger partial charge < -0.3 is 19.4 Å². The number of ether oxygens (including phenoxy) is 2. The number of halogens is 1. The molecule has 3 rings (SSSR count). The van der Waals surface area contributed by atoms with Crippen LogP contribution in [0.4, 0.5) is 5.69 Å². The maximum atomic E-state index is 12.4. The van der Waals surface area contributed by atoms with Crippen molar-refractivity contribution in [1.82, 2.24) is 14.8 Å². The van der Waals surface area contributed by atoms with Crippen LogP contribution in [0.2, 0.25) is 5.02 Å². The fraction of sp³-hybridized carbons (Fsp3) is 0.304. The number of thioether (sulfide) groups is 1. The fourth-order valence-electron chi connectivity index (χ4n) is 2.94. The van der Waals surface area contributed by atoms with Crippen LogP contribution in [-0.2, 0) is 22.7 Å². The zero-order chi connectivity index (χ0) is 23.8. The third-order valence-corrected chi connectivity index (χ3v) is 5.84. The monoisotopic (exact) mass is 488 g/mol. The van der Waals surface area contributed by atoms with Crippen molar-refractivity contribution in [1.29, 1.82) is 0 Å². The number of anilines is 1. The lowest BCUT2D eigenvalue weighted by molar-refractivity contribution is -0.113. The van der Waals surface area contributed by atoms with Crippen molar-refractivity contribution in [2.75, 3.05) is 17.7 Å². The van der Waals surface area contributed by atoms with Gasteiger partial charge in [0.1, 0.15) is 12.4 Å². The first kappa shape index (κ1) is 24.6. The summed E-state index contributed by atoms with van der Waals surface area (Å²) in [6.45, 7) is 6.84. The summed E-state index contributed by atoms with van der Waals surface area (Å²) in [6.07, 6.45) is 0. The lowest BCUT2D eigenvalue weighted by Gasteiger charge is -2.10. The van der Waals surface area contributed by atoms with E-state index >= 15 is 0 Å². The number of nitrogens with one attached hydrogen (secondary N) is 1. The smallest absolute Gasteiger partial charge is 0.338 e. The Bertz CT molecular complexity index is 1120. The maximum Gasteiger partial charge on any atom is 0.338 e. The number of carbonyl (C=O) groups is 2. The Labute approximate surface area is 201 Å². The van der Waals surface area contributed by atoms with E-state index in [9.17, 15) is 9.59 Å². The Kier molecular flexibility index (Phi) is 8.73. The normalized spacial score (nSPS) is 10.7. The highest BCUT2D eigenvalue weighted by Crippen LogP contribution is 2.26. The number of amides is 1. The summed E-state index contributed by atoms with van der Waals surface area (Å²) in [5, 5.41) is 12.4. The molecule has 0 saturated carbocycles. The van der Waals surface area contributed by atoms with E-state index in [1.54, 1.807) is 37.3 Å². The quantitative estimate of drug-likeness (QED) is 0.325. The minimum atomic E-state index is -0.394. The third kappa shape index (κ3) is 6.72. The maximum absolute atomic E-state index is 12.4. The Balaban J connectivity index is 1.55. The molecule has 0 bridgehead atoms. The van der Waals surface area contributed by atoms with E-state index in [1.165, 1.54) is 11.8 Å². The van der Waals surface area contributed by atoms with Gasteiger partial charge in [-0.1, -0.05) is 29.4 Å². The van der Waals surface area contributed by atoms with Crippen LogP contribution in [0.1, 0.15) is 35.6 Å². The van der Waals surface area contributed by atoms with Crippen molar-refractivity contribution in [3.05, 3.63) is 64.4 Å². The molecule has 0 aliphatic carbocycles. The summed E-state index contributed by atoms with van der Waals surface area (Å²) in [4.78, 5) is 24.1. The molecule has 10 heteroatoms. The molecule has 1 amide bonds. The van der Waals surface area contributed by atoms with Crippen LogP contribution in [0.3, 0.4) is 0 Å². The van der Waals surface area contributed by atoms with E-state index in [0.717, 1.165) is 5.56 Å². The minimum Gasteiger partial charge on any atom is -0.484 e.